The molecule has 1 saturated carbocycles. The quantitative estimate of drug-likeness (QED) is 0.0234. The highest BCUT2D eigenvalue weighted by molar-refractivity contribution is 7.75. The molecule has 0 aromatic heterocycles. The van der Waals surface area contributed by atoms with Crippen molar-refractivity contribution in [2.45, 2.75) is 212 Å². The minimum atomic E-state index is -2.35. The van der Waals surface area contributed by atoms with Crippen LogP contribution < -0.4 is 0 Å². The zero-order valence-electron chi connectivity index (χ0n) is 41.6. The van der Waals surface area contributed by atoms with E-state index in [0.29, 0.717) is 42.6 Å². The van der Waals surface area contributed by atoms with Gasteiger partial charge in [-0.05, 0) is 99.5 Å². The van der Waals surface area contributed by atoms with Crippen LogP contribution in [0, 0.1) is 23.2 Å². The van der Waals surface area contributed by atoms with Crippen LogP contribution in [0.5, 0.6) is 0 Å². The second-order valence-electron chi connectivity index (χ2n) is 21.3. The summed E-state index contributed by atoms with van der Waals surface area (Å²) in [4.78, 5) is 50.9. The van der Waals surface area contributed by atoms with Crippen LogP contribution >= 0.6 is 12.9 Å². The van der Waals surface area contributed by atoms with Gasteiger partial charge >= 0.3 is 17.9 Å². The van der Waals surface area contributed by atoms with Gasteiger partial charge in [-0.1, -0.05) is 67.9 Å². The topological polar surface area (TPSA) is 161 Å². The molecular formula is C49H82O14SSi. The molecule has 14 nitrogen and oxygen atoms in total. The molecular weight excluding hydrogens is 873 g/mol. The van der Waals surface area contributed by atoms with Crippen molar-refractivity contribution in [1.82, 2.24) is 0 Å². The molecule has 16 heteroatoms. The van der Waals surface area contributed by atoms with E-state index in [-0.39, 0.29) is 49.2 Å². The van der Waals surface area contributed by atoms with Crippen molar-refractivity contribution in [2.75, 3.05) is 27.4 Å². The Bertz CT molecular complexity index is 1640. The maximum atomic E-state index is 14.0. The minimum absolute atomic E-state index is 0.0176. The molecule has 3 saturated heterocycles. The zero-order valence-corrected chi connectivity index (χ0v) is 43.5. The fourth-order valence-corrected chi connectivity index (χ4v) is 11.2. The normalized spacial score (nSPS) is 32.0. The molecule has 0 N–H and O–H groups in total. The van der Waals surface area contributed by atoms with E-state index in [4.69, 9.17) is 46.5 Å². The van der Waals surface area contributed by atoms with E-state index in [1.807, 2.05) is 0 Å². The summed E-state index contributed by atoms with van der Waals surface area (Å²) in [6, 6.07) is 0. The number of hydrogen-bond donors (Lipinski definition) is 1. The Morgan fingerprint density at radius 1 is 0.938 bits per heavy atom. The molecule has 0 amide bonds. The van der Waals surface area contributed by atoms with Crippen LogP contribution in [0.3, 0.4) is 0 Å². The first-order valence-corrected chi connectivity index (χ1v) is 27.1. The summed E-state index contributed by atoms with van der Waals surface area (Å²) >= 11 is 4.21. The molecule has 0 aromatic carbocycles. The Morgan fingerprint density at radius 2 is 1.63 bits per heavy atom. The first-order valence-electron chi connectivity index (χ1n) is 23.9. The van der Waals surface area contributed by atoms with E-state index >= 15 is 0 Å². The second-order valence-corrected chi connectivity index (χ2v) is 26.3. The summed E-state index contributed by atoms with van der Waals surface area (Å²) in [5.74, 6) is -2.68. The van der Waals surface area contributed by atoms with E-state index in [0.717, 1.165) is 44.9 Å². The number of hydrogen-bond acceptors (Lipinski definition) is 15. The van der Waals surface area contributed by atoms with Crippen molar-refractivity contribution in [1.29, 1.82) is 0 Å². The van der Waals surface area contributed by atoms with Gasteiger partial charge in [-0.3, -0.25) is 14.4 Å². The maximum absolute atomic E-state index is 14.0. The fraction of sp³-hybridized carbons (Fsp3) is 0.837. The highest BCUT2D eigenvalue weighted by Crippen LogP contribution is 2.50. The van der Waals surface area contributed by atoms with E-state index in [2.05, 4.69) is 67.5 Å². The number of carbonyl (C=O) groups is 4. The Hall–Kier alpha value is -2.15. The molecule has 4 rings (SSSR count). The molecule has 0 bridgehead atoms. The van der Waals surface area contributed by atoms with Gasteiger partial charge in [0.1, 0.15) is 12.4 Å². The van der Waals surface area contributed by atoms with Crippen LogP contribution in [-0.4, -0.2) is 114 Å². The predicted molar refractivity (Wildman–Crippen MR) is 251 cm³/mol. The molecule has 3 heterocycles. The summed E-state index contributed by atoms with van der Waals surface area (Å²) < 4.78 is 62.4. The lowest BCUT2D eigenvalue weighted by atomic mass is 9.72. The van der Waals surface area contributed by atoms with Crippen LogP contribution in [0.1, 0.15) is 139 Å². The van der Waals surface area contributed by atoms with Crippen molar-refractivity contribution in [3.05, 3.63) is 23.8 Å². The van der Waals surface area contributed by atoms with E-state index < -0.39 is 67.6 Å². The van der Waals surface area contributed by atoms with E-state index in [1.165, 1.54) is 39.7 Å². The van der Waals surface area contributed by atoms with Crippen LogP contribution in [0.25, 0.3) is 0 Å². The lowest BCUT2D eigenvalue weighted by Gasteiger charge is -2.53. The predicted octanol–water partition coefficient (Wildman–Crippen LogP) is 9.19. The molecule has 11 atom stereocenters. The third-order valence-corrected chi connectivity index (χ3v) is 19.3. The van der Waals surface area contributed by atoms with Gasteiger partial charge < -0.3 is 46.5 Å². The fourth-order valence-electron chi connectivity index (χ4n) is 9.99. The summed E-state index contributed by atoms with van der Waals surface area (Å²) in [7, 11) is 0.313. The van der Waals surface area contributed by atoms with Gasteiger partial charge in [0.2, 0.25) is 5.79 Å². The van der Waals surface area contributed by atoms with Gasteiger partial charge in [-0.15, -0.1) is 0 Å². The smallest absolute Gasteiger partial charge is 0.330 e. The number of esters is 3. The number of allylic oxidation sites excluding steroid dienone is 1. The molecule has 372 valence electrons. The SMILES string of the molecule is COC(=O)/C=C1\C[C@@H](C[C@H](CO[Si](C)(C)C(C)(C)C)OC(=O)C[C@@H](C[C@@H]2CCC[C@H](C[C@@H]3CCOC4(C[C@H](C)CC[C@H]4C(C)C)O3)O2)OS)O[C@@](OC)(C(C)(C)/C=C/C=O)[C@H]1OC(C)=O. The third kappa shape index (κ3) is 14.7. The molecule has 3 aliphatic heterocycles. The number of methoxy groups -OCH3 is 2. The Morgan fingerprint density at radius 3 is 2.25 bits per heavy atom. The minimum Gasteiger partial charge on any atom is -0.466 e. The van der Waals surface area contributed by atoms with Crippen molar-refractivity contribution in [3.63, 3.8) is 0 Å². The van der Waals surface area contributed by atoms with Crippen LogP contribution in [-0.2, 0) is 65.7 Å². The molecule has 1 unspecified atom stereocenters. The van der Waals surface area contributed by atoms with Crippen LogP contribution in [0.2, 0.25) is 18.1 Å². The molecule has 4 aliphatic rings. The summed E-state index contributed by atoms with van der Waals surface area (Å²) in [5.41, 5.74) is -0.739. The first-order chi connectivity index (χ1) is 30.4. The Kier molecular flexibility index (Phi) is 20.4. The number of thiol groups is 1. The number of carbonyl (C=O) groups excluding carboxylic acids is 4. The highest BCUT2D eigenvalue weighted by Gasteiger charge is 2.59. The lowest BCUT2D eigenvalue weighted by molar-refractivity contribution is -0.342. The highest BCUT2D eigenvalue weighted by atomic mass is 32.1. The molecule has 65 heavy (non-hydrogen) atoms. The van der Waals surface area contributed by atoms with E-state index in [1.54, 1.807) is 19.9 Å². The maximum Gasteiger partial charge on any atom is 0.330 e. The van der Waals surface area contributed by atoms with Gasteiger partial charge in [0.05, 0.1) is 57.3 Å². The van der Waals surface area contributed by atoms with Crippen LogP contribution in [0.15, 0.2) is 23.8 Å². The van der Waals surface area contributed by atoms with E-state index in [9.17, 15) is 19.2 Å². The van der Waals surface area contributed by atoms with Crippen LogP contribution in [0.4, 0.5) is 0 Å². The monoisotopic (exact) mass is 955 g/mol. The summed E-state index contributed by atoms with van der Waals surface area (Å²) in [6.07, 6.45) is 9.60. The zero-order chi connectivity index (χ0) is 48.4. The van der Waals surface area contributed by atoms with Crippen molar-refractivity contribution >= 4 is 45.4 Å². The standard InChI is InChI=1S/C49H82O14SSi/c1-32(2)42-19-18-33(3)30-48(42)56-23-20-38(61-48)26-36-16-14-17-37(59-36)27-40(63-64)29-44(53)60-41(31-57-65(12,13)46(5,6)7)28-39-24-35(25-43(52)54-10)45(58-34(4)51)49(55-11,62-39)47(8,9)21-15-22-50/h15,21-22,25,32-33,36-42,45,64H,14,16-20,23-24,26-31H2,1-13H3/b21-15+,35-25+/t33-,36-,37+,38+,39+,40-,41-,42+,45+,48?,49-/m1/s1. The number of aldehydes is 1. The molecule has 1 aliphatic carbocycles. The largest absolute Gasteiger partial charge is 0.466 e. The first kappa shape index (κ1) is 55.4. The summed E-state index contributed by atoms with van der Waals surface area (Å²) in [5, 5.41) is -0.136. The number of ether oxygens (including phenoxy) is 8. The van der Waals surface area contributed by atoms with Gasteiger partial charge in [0, 0.05) is 50.7 Å². The average molecular weight is 955 g/mol. The molecule has 0 aromatic rings. The molecule has 0 radical (unpaired) electrons. The van der Waals surface area contributed by atoms with Crippen molar-refractivity contribution in [2.24, 2.45) is 23.2 Å². The van der Waals surface area contributed by atoms with Gasteiger partial charge in [-0.25, -0.2) is 4.79 Å². The van der Waals surface area contributed by atoms with Gasteiger partial charge in [-0.2, -0.15) is 0 Å². The summed E-state index contributed by atoms with van der Waals surface area (Å²) in [6.45, 7) is 23.0. The lowest BCUT2D eigenvalue weighted by Crippen LogP contribution is -2.63. The number of rotatable bonds is 20. The average Bonchev–Trinajstić information content (AvgIpc) is 3.21. The molecule has 4 fully saturated rings. The van der Waals surface area contributed by atoms with Gasteiger partial charge in [0.25, 0.3) is 0 Å². The Balaban J connectivity index is 1.51. The van der Waals surface area contributed by atoms with Crippen molar-refractivity contribution in [3.8, 4) is 0 Å². The van der Waals surface area contributed by atoms with Crippen molar-refractivity contribution < 1.29 is 65.7 Å². The van der Waals surface area contributed by atoms with Gasteiger partial charge in [0.15, 0.2) is 20.2 Å². The molecule has 1 spiro atoms. The Labute approximate surface area is 396 Å². The second kappa shape index (κ2) is 23.9. The third-order valence-electron chi connectivity index (χ3n) is 14.5.